The minimum atomic E-state index is -4.31. The quantitative estimate of drug-likeness (QED) is 0.236. The van der Waals surface area contributed by atoms with Crippen LogP contribution in [0.2, 0.25) is 5.02 Å². The van der Waals surface area contributed by atoms with E-state index in [1.807, 2.05) is 6.92 Å². The molecule has 0 radical (unpaired) electrons. The Kier molecular flexibility index (Phi) is 10.4. The van der Waals surface area contributed by atoms with Crippen LogP contribution < -0.4 is 28.7 Å². The van der Waals surface area contributed by atoms with Gasteiger partial charge in [-0.15, -0.1) is 0 Å². The van der Waals surface area contributed by atoms with E-state index in [-0.39, 0.29) is 27.1 Å². The van der Waals surface area contributed by atoms with E-state index in [4.69, 9.17) is 30.5 Å². The molecule has 3 aromatic carbocycles. The third-order valence-corrected chi connectivity index (χ3v) is 7.39. The third kappa shape index (κ3) is 7.55. The number of methoxy groups -OCH3 is 3. The molecule has 1 N–H and O–H groups in total. The van der Waals surface area contributed by atoms with Crippen LogP contribution in [0, 0.1) is 0 Å². The van der Waals surface area contributed by atoms with E-state index < -0.39 is 22.5 Å². The molecule has 0 aliphatic heterocycles. The summed E-state index contributed by atoms with van der Waals surface area (Å²) in [4.78, 5) is 12.8. The van der Waals surface area contributed by atoms with Crippen molar-refractivity contribution in [2.24, 2.45) is 5.10 Å². The second-order valence-electron chi connectivity index (χ2n) is 8.06. The van der Waals surface area contributed by atoms with Gasteiger partial charge in [0.1, 0.15) is 18.0 Å². The topological polar surface area (TPSA) is 116 Å². The Morgan fingerprint density at radius 1 is 0.949 bits per heavy atom. The van der Waals surface area contributed by atoms with Crippen LogP contribution in [0.4, 0.5) is 5.69 Å². The molecule has 0 spiro atoms. The predicted octanol–water partition coefficient (Wildman–Crippen LogP) is 4.50. The molecular formula is C27H30ClN3O7S. The number of benzene rings is 3. The van der Waals surface area contributed by atoms with E-state index in [1.165, 1.54) is 57.9 Å². The van der Waals surface area contributed by atoms with Gasteiger partial charge in [-0.2, -0.15) is 5.10 Å². The zero-order chi connectivity index (χ0) is 28.4. The lowest BCUT2D eigenvalue weighted by Crippen LogP contribution is -2.39. The molecule has 0 bridgehead atoms. The number of hydrogen-bond acceptors (Lipinski definition) is 8. The van der Waals surface area contributed by atoms with E-state index in [9.17, 15) is 13.2 Å². The molecule has 10 nitrogen and oxygen atoms in total. The van der Waals surface area contributed by atoms with Crippen LogP contribution in [0.5, 0.6) is 23.0 Å². The van der Waals surface area contributed by atoms with E-state index in [0.29, 0.717) is 17.9 Å². The molecule has 0 aliphatic carbocycles. The van der Waals surface area contributed by atoms with E-state index in [2.05, 4.69) is 10.5 Å². The monoisotopic (exact) mass is 575 g/mol. The maximum absolute atomic E-state index is 13.8. The normalized spacial score (nSPS) is 11.2. The van der Waals surface area contributed by atoms with Crippen LogP contribution in [0.1, 0.15) is 18.9 Å². The van der Waals surface area contributed by atoms with Gasteiger partial charge in [-0.1, -0.05) is 18.5 Å². The van der Waals surface area contributed by atoms with Gasteiger partial charge in [-0.25, -0.2) is 13.8 Å². The maximum atomic E-state index is 13.8. The Balaban J connectivity index is 1.89. The fourth-order valence-electron chi connectivity index (χ4n) is 3.48. The summed E-state index contributed by atoms with van der Waals surface area (Å²) in [7, 11) is -0.0963. The van der Waals surface area contributed by atoms with Crippen LogP contribution in [0.15, 0.2) is 70.7 Å². The summed E-state index contributed by atoms with van der Waals surface area (Å²) in [5, 5.41) is 4.22. The van der Waals surface area contributed by atoms with Gasteiger partial charge in [0.15, 0.2) is 11.5 Å². The van der Waals surface area contributed by atoms with Crippen molar-refractivity contribution in [3.8, 4) is 23.0 Å². The maximum Gasteiger partial charge on any atom is 0.265 e. The number of carbonyl (C=O) groups is 1. The first-order valence-electron chi connectivity index (χ1n) is 11.9. The Bertz CT molecular complexity index is 1410. The summed E-state index contributed by atoms with van der Waals surface area (Å²) in [6, 6.07) is 15.7. The highest BCUT2D eigenvalue weighted by atomic mass is 35.5. The number of halogens is 1. The van der Waals surface area contributed by atoms with Gasteiger partial charge in [0.25, 0.3) is 15.9 Å². The minimum Gasteiger partial charge on any atom is -0.495 e. The zero-order valence-corrected chi connectivity index (χ0v) is 23.6. The Morgan fingerprint density at radius 2 is 1.62 bits per heavy atom. The molecule has 0 saturated carbocycles. The molecule has 0 aromatic heterocycles. The highest BCUT2D eigenvalue weighted by molar-refractivity contribution is 7.92. The fraction of sp³-hybridized carbons (Fsp3) is 0.259. The van der Waals surface area contributed by atoms with Crippen molar-refractivity contribution >= 4 is 39.4 Å². The molecule has 3 aromatic rings. The lowest BCUT2D eigenvalue weighted by molar-refractivity contribution is -0.119. The van der Waals surface area contributed by atoms with Crippen molar-refractivity contribution in [1.82, 2.24) is 5.43 Å². The van der Waals surface area contributed by atoms with Crippen LogP contribution in [0.25, 0.3) is 0 Å². The fourth-order valence-corrected chi connectivity index (χ4v) is 5.08. The first-order valence-corrected chi connectivity index (χ1v) is 13.7. The van der Waals surface area contributed by atoms with Gasteiger partial charge in [0.2, 0.25) is 0 Å². The Morgan fingerprint density at radius 3 is 2.26 bits per heavy atom. The number of amides is 1. The molecule has 0 atom stereocenters. The van der Waals surface area contributed by atoms with Gasteiger partial charge < -0.3 is 18.9 Å². The molecule has 0 unspecified atom stereocenters. The zero-order valence-electron chi connectivity index (χ0n) is 22.0. The molecule has 208 valence electrons. The number of hydrazone groups is 1. The molecule has 0 heterocycles. The van der Waals surface area contributed by atoms with Crippen molar-refractivity contribution < 1.29 is 32.2 Å². The van der Waals surface area contributed by atoms with Crippen molar-refractivity contribution in [3.05, 3.63) is 71.2 Å². The molecule has 0 saturated heterocycles. The third-order valence-electron chi connectivity index (χ3n) is 5.40. The minimum absolute atomic E-state index is 0.0709. The number of nitrogens with zero attached hydrogens (tertiary/aromatic N) is 2. The lowest BCUT2D eigenvalue weighted by atomic mass is 10.2. The summed E-state index contributed by atoms with van der Waals surface area (Å²) in [5.74, 6) is 0.784. The first-order chi connectivity index (χ1) is 18.7. The smallest absolute Gasteiger partial charge is 0.265 e. The van der Waals surface area contributed by atoms with Crippen LogP contribution in [-0.2, 0) is 14.8 Å². The number of sulfonamides is 1. The van der Waals surface area contributed by atoms with Gasteiger partial charge in [-0.05, 0) is 66.6 Å². The number of carbonyl (C=O) groups excluding carboxylic acids is 1. The average Bonchev–Trinajstić information content (AvgIpc) is 2.94. The molecule has 1 amide bonds. The second kappa shape index (κ2) is 13.7. The number of ether oxygens (including phenoxy) is 4. The predicted molar refractivity (Wildman–Crippen MR) is 150 cm³/mol. The number of anilines is 1. The van der Waals surface area contributed by atoms with Gasteiger partial charge in [-0.3, -0.25) is 9.10 Å². The lowest BCUT2D eigenvalue weighted by Gasteiger charge is -2.25. The summed E-state index contributed by atoms with van der Waals surface area (Å²) in [5.41, 5.74) is 3.16. The van der Waals surface area contributed by atoms with Crippen molar-refractivity contribution in [2.75, 3.05) is 38.8 Å². The second-order valence-corrected chi connectivity index (χ2v) is 10.4. The van der Waals surface area contributed by atoms with E-state index >= 15 is 0 Å². The van der Waals surface area contributed by atoms with Crippen molar-refractivity contribution in [3.63, 3.8) is 0 Å². The van der Waals surface area contributed by atoms with Crippen LogP contribution in [-0.4, -0.2) is 55.0 Å². The molecule has 12 heteroatoms. The number of rotatable bonds is 13. The molecule has 3 rings (SSSR count). The number of hydrogen-bond donors (Lipinski definition) is 1. The van der Waals surface area contributed by atoms with Crippen molar-refractivity contribution in [1.29, 1.82) is 0 Å². The molecule has 0 fully saturated rings. The molecular weight excluding hydrogens is 546 g/mol. The average molecular weight is 576 g/mol. The van der Waals surface area contributed by atoms with E-state index in [1.54, 1.807) is 30.3 Å². The first kappa shape index (κ1) is 29.6. The summed E-state index contributed by atoms with van der Waals surface area (Å²) >= 11 is 6.18. The largest absolute Gasteiger partial charge is 0.495 e. The number of nitrogens with one attached hydrogen (secondary N) is 1. The molecule has 39 heavy (non-hydrogen) atoms. The van der Waals surface area contributed by atoms with Crippen LogP contribution >= 0.6 is 11.6 Å². The standard InChI is InChI=1S/C27H30ClN3O7S/c1-5-14-38-21-9-6-19(7-10-21)17-29-30-27(32)18-31(23-15-20(28)8-12-24(23)35-2)39(33,34)22-11-13-25(36-3)26(16-22)37-4/h6-13,15-17H,5,14,18H2,1-4H3,(H,30,32)/b29-17-. The van der Waals surface area contributed by atoms with Gasteiger partial charge in [0, 0.05) is 11.1 Å². The highest BCUT2D eigenvalue weighted by Crippen LogP contribution is 2.36. The molecule has 0 aliphatic rings. The Labute approximate surface area is 233 Å². The van der Waals surface area contributed by atoms with Crippen LogP contribution in [0.3, 0.4) is 0 Å². The van der Waals surface area contributed by atoms with Gasteiger partial charge >= 0.3 is 0 Å². The van der Waals surface area contributed by atoms with Crippen molar-refractivity contribution in [2.45, 2.75) is 18.2 Å². The summed E-state index contributed by atoms with van der Waals surface area (Å²) < 4.78 is 49.9. The summed E-state index contributed by atoms with van der Waals surface area (Å²) in [6.07, 6.45) is 2.34. The Hall–Kier alpha value is -3.96. The highest BCUT2D eigenvalue weighted by Gasteiger charge is 2.30. The van der Waals surface area contributed by atoms with Gasteiger partial charge in [0.05, 0.1) is 44.7 Å². The SMILES string of the molecule is CCCOc1ccc(/C=N\NC(=O)CN(c2cc(Cl)ccc2OC)S(=O)(=O)c2ccc(OC)c(OC)c2)cc1. The summed E-state index contributed by atoms with van der Waals surface area (Å²) in [6.45, 7) is 2.02. The van der Waals surface area contributed by atoms with E-state index in [0.717, 1.165) is 16.5 Å².